The van der Waals surface area contributed by atoms with Crippen LogP contribution in [0.15, 0.2) is 77.7 Å². The highest BCUT2D eigenvalue weighted by atomic mass is 19.1. The summed E-state index contributed by atoms with van der Waals surface area (Å²) in [7, 11) is 1.67. The van der Waals surface area contributed by atoms with Crippen LogP contribution in [0.1, 0.15) is 15.9 Å². The predicted octanol–water partition coefficient (Wildman–Crippen LogP) is 3.79. The van der Waals surface area contributed by atoms with Crippen molar-refractivity contribution in [2.24, 2.45) is 7.05 Å². The second kappa shape index (κ2) is 8.16. The lowest BCUT2D eigenvalue weighted by molar-refractivity contribution is 0.0952. The fourth-order valence-electron chi connectivity index (χ4n) is 3.12. The molecule has 4 rings (SSSR count). The topological polar surface area (TPSA) is 73.2 Å². The highest BCUT2D eigenvalue weighted by Crippen LogP contribution is 2.20. The number of carbonyl (C=O) groups is 1. The predicted molar refractivity (Wildman–Crippen MR) is 111 cm³/mol. The lowest BCUT2D eigenvalue weighted by atomic mass is 10.1. The van der Waals surface area contributed by atoms with Gasteiger partial charge < -0.3 is 14.6 Å². The summed E-state index contributed by atoms with van der Waals surface area (Å²) >= 11 is 0. The molecule has 0 saturated heterocycles. The number of aryl methyl sites for hydroxylation is 1. The van der Waals surface area contributed by atoms with Gasteiger partial charge in [-0.2, -0.15) is 0 Å². The highest BCUT2D eigenvalue weighted by Gasteiger charge is 2.13. The van der Waals surface area contributed by atoms with Gasteiger partial charge in [0, 0.05) is 37.3 Å². The van der Waals surface area contributed by atoms with Gasteiger partial charge in [-0.1, -0.05) is 18.2 Å². The molecule has 0 saturated carbocycles. The van der Waals surface area contributed by atoms with Crippen LogP contribution in [0.2, 0.25) is 0 Å². The number of nitrogens with zero attached hydrogens (tertiary/aromatic N) is 2. The van der Waals surface area contributed by atoms with Gasteiger partial charge in [-0.3, -0.25) is 9.59 Å². The zero-order valence-electron chi connectivity index (χ0n) is 16.1. The minimum atomic E-state index is -0.352. The molecule has 6 nitrogen and oxygen atoms in total. The first-order chi connectivity index (χ1) is 14.5. The number of hydrogen-bond donors (Lipinski definition) is 1. The standard InChI is InChI=1S/C23H18FN3O3/c1-27-20-5-3-2-4-18(20)19(13-22(27)28)23(29)26-14-15-10-11-25-21(12-15)30-17-8-6-16(24)7-9-17/h2-13H,14H2,1H3,(H,26,29). The zero-order valence-corrected chi connectivity index (χ0v) is 16.1. The molecule has 30 heavy (non-hydrogen) atoms. The van der Waals surface area contributed by atoms with Crippen molar-refractivity contribution in [3.05, 3.63) is 100 Å². The van der Waals surface area contributed by atoms with E-state index in [0.29, 0.717) is 28.1 Å². The van der Waals surface area contributed by atoms with Gasteiger partial charge in [0.05, 0.1) is 11.1 Å². The molecule has 0 aliphatic rings. The van der Waals surface area contributed by atoms with E-state index in [1.165, 1.54) is 34.9 Å². The molecule has 0 aliphatic heterocycles. The van der Waals surface area contributed by atoms with E-state index in [1.54, 1.807) is 31.4 Å². The van der Waals surface area contributed by atoms with Crippen molar-refractivity contribution < 1.29 is 13.9 Å². The Morgan fingerprint density at radius 2 is 1.87 bits per heavy atom. The molecule has 2 aromatic heterocycles. The second-order valence-electron chi connectivity index (χ2n) is 6.71. The maximum Gasteiger partial charge on any atom is 0.252 e. The summed E-state index contributed by atoms with van der Waals surface area (Å²) < 4.78 is 20.1. The van der Waals surface area contributed by atoms with Gasteiger partial charge in [0.25, 0.3) is 11.5 Å². The molecule has 150 valence electrons. The average molecular weight is 403 g/mol. The van der Waals surface area contributed by atoms with E-state index in [9.17, 15) is 14.0 Å². The number of pyridine rings is 2. The van der Waals surface area contributed by atoms with Crippen LogP contribution >= 0.6 is 0 Å². The number of aromatic nitrogens is 2. The summed E-state index contributed by atoms with van der Waals surface area (Å²) in [6.45, 7) is 0.227. The lowest BCUT2D eigenvalue weighted by Crippen LogP contribution is -2.26. The molecule has 0 bridgehead atoms. The monoisotopic (exact) mass is 403 g/mol. The van der Waals surface area contributed by atoms with E-state index in [1.807, 2.05) is 18.2 Å². The third-order valence-corrected chi connectivity index (χ3v) is 4.69. The van der Waals surface area contributed by atoms with E-state index in [0.717, 1.165) is 5.56 Å². The zero-order chi connectivity index (χ0) is 21.1. The lowest BCUT2D eigenvalue weighted by Gasteiger charge is -2.11. The third kappa shape index (κ3) is 4.05. The van der Waals surface area contributed by atoms with Crippen molar-refractivity contribution in [1.82, 2.24) is 14.9 Å². The Morgan fingerprint density at radius 1 is 1.10 bits per heavy atom. The molecular formula is C23H18FN3O3. The van der Waals surface area contributed by atoms with Crippen LogP contribution in [-0.2, 0) is 13.6 Å². The van der Waals surface area contributed by atoms with E-state index in [-0.39, 0.29) is 23.8 Å². The minimum absolute atomic E-state index is 0.227. The summed E-state index contributed by atoms with van der Waals surface area (Å²) in [6.07, 6.45) is 1.56. The number of fused-ring (bicyclic) bond motifs is 1. The van der Waals surface area contributed by atoms with E-state index >= 15 is 0 Å². The van der Waals surface area contributed by atoms with Gasteiger partial charge in [0.1, 0.15) is 11.6 Å². The number of hydrogen-bond acceptors (Lipinski definition) is 4. The van der Waals surface area contributed by atoms with Crippen LogP contribution in [-0.4, -0.2) is 15.5 Å². The summed E-state index contributed by atoms with van der Waals surface area (Å²) in [4.78, 5) is 29.1. The molecular weight excluding hydrogens is 385 g/mol. The fourth-order valence-corrected chi connectivity index (χ4v) is 3.12. The first-order valence-electron chi connectivity index (χ1n) is 9.26. The van der Waals surface area contributed by atoms with Gasteiger partial charge >= 0.3 is 0 Å². The quantitative estimate of drug-likeness (QED) is 0.550. The Bertz CT molecular complexity index is 1280. The molecule has 1 N–H and O–H groups in total. The van der Waals surface area contributed by atoms with E-state index < -0.39 is 0 Å². The van der Waals surface area contributed by atoms with Gasteiger partial charge in [0.15, 0.2) is 0 Å². The smallest absolute Gasteiger partial charge is 0.252 e. The number of nitrogens with one attached hydrogen (secondary N) is 1. The molecule has 2 heterocycles. The van der Waals surface area contributed by atoms with Gasteiger partial charge in [-0.25, -0.2) is 9.37 Å². The summed E-state index contributed by atoms with van der Waals surface area (Å²) in [5, 5.41) is 3.53. The number of carbonyl (C=O) groups excluding carboxylic acids is 1. The molecule has 0 fully saturated rings. The Labute approximate surface area is 171 Å². The molecule has 0 radical (unpaired) electrons. The molecule has 0 spiro atoms. The maximum atomic E-state index is 13.0. The number of ether oxygens (including phenoxy) is 1. The van der Waals surface area contributed by atoms with Crippen molar-refractivity contribution >= 4 is 16.8 Å². The van der Waals surface area contributed by atoms with Crippen molar-refractivity contribution in [3.63, 3.8) is 0 Å². The second-order valence-corrected chi connectivity index (χ2v) is 6.71. The minimum Gasteiger partial charge on any atom is -0.439 e. The van der Waals surface area contributed by atoms with Crippen LogP contribution in [0.3, 0.4) is 0 Å². The van der Waals surface area contributed by atoms with Crippen LogP contribution in [0.25, 0.3) is 10.9 Å². The summed E-state index contributed by atoms with van der Waals surface area (Å²) in [5.41, 5.74) is 1.53. The van der Waals surface area contributed by atoms with Gasteiger partial charge in [-0.05, 0) is 42.0 Å². The van der Waals surface area contributed by atoms with Crippen molar-refractivity contribution in [3.8, 4) is 11.6 Å². The highest BCUT2D eigenvalue weighted by molar-refractivity contribution is 6.06. The molecule has 1 amide bonds. The Kier molecular flexibility index (Phi) is 5.26. The van der Waals surface area contributed by atoms with Crippen molar-refractivity contribution in [2.75, 3.05) is 0 Å². The SMILES string of the molecule is Cn1c(=O)cc(C(=O)NCc2ccnc(Oc3ccc(F)cc3)c2)c2ccccc21. The first-order valence-corrected chi connectivity index (χ1v) is 9.26. The summed E-state index contributed by atoms with van der Waals surface area (Å²) in [6, 6.07) is 17.6. The molecule has 0 unspecified atom stereocenters. The number of rotatable bonds is 5. The fraction of sp³-hybridized carbons (Fsp3) is 0.0870. The van der Waals surface area contributed by atoms with E-state index in [4.69, 9.17) is 4.74 Å². The summed E-state index contributed by atoms with van der Waals surface area (Å²) in [5.74, 6) is 0.0841. The van der Waals surface area contributed by atoms with Crippen molar-refractivity contribution in [2.45, 2.75) is 6.54 Å². The Balaban J connectivity index is 1.51. The normalized spacial score (nSPS) is 10.7. The van der Waals surface area contributed by atoms with Gasteiger partial charge in [0.2, 0.25) is 5.88 Å². The average Bonchev–Trinajstić information content (AvgIpc) is 2.76. The van der Waals surface area contributed by atoms with Gasteiger partial charge in [-0.15, -0.1) is 0 Å². The van der Waals surface area contributed by atoms with Crippen LogP contribution < -0.4 is 15.6 Å². The molecule has 2 aromatic carbocycles. The number of halogens is 1. The molecule has 4 aromatic rings. The van der Waals surface area contributed by atoms with Crippen LogP contribution in [0.4, 0.5) is 4.39 Å². The largest absolute Gasteiger partial charge is 0.439 e. The van der Waals surface area contributed by atoms with Crippen molar-refractivity contribution in [1.29, 1.82) is 0 Å². The van der Waals surface area contributed by atoms with Crippen LogP contribution in [0.5, 0.6) is 11.6 Å². The first kappa shape index (κ1) is 19.3. The third-order valence-electron chi connectivity index (χ3n) is 4.69. The Morgan fingerprint density at radius 3 is 2.67 bits per heavy atom. The molecule has 0 aliphatic carbocycles. The maximum absolute atomic E-state index is 13.0. The van der Waals surface area contributed by atoms with E-state index in [2.05, 4.69) is 10.3 Å². The van der Waals surface area contributed by atoms with Crippen LogP contribution in [0, 0.1) is 5.82 Å². The molecule has 7 heteroatoms. The number of para-hydroxylation sites is 1. The Hall–Kier alpha value is -4.00. The molecule has 0 atom stereocenters. The number of amides is 1. The number of benzene rings is 2.